The smallest absolute Gasteiger partial charge is 0.423 e. The lowest BCUT2D eigenvalue weighted by molar-refractivity contribution is 0.283. The van der Waals surface area contributed by atoms with E-state index in [9.17, 15) is 10.0 Å². The van der Waals surface area contributed by atoms with E-state index in [1.807, 2.05) is 37.3 Å². The third-order valence-electron chi connectivity index (χ3n) is 4.79. The number of hydrogen-bond donors (Lipinski definition) is 4. The molecule has 2 aromatic carbocycles. The molecule has 3 rings (SSSR count). The fourth-order valence-corrected chi connectivity index (χ4v) is 3.44. The van der Waals surface area contributed by atoms with Crippen LogP contribution in [0, 0.1) is 6.92 Å². The summed E-state index contributed by atoms with van der Waals surface area (Å²) >= 11 is 0. The second-order valence-corrected chi connectivity index (χ2v) is 6.42. The number of rotatable bonds is 6. The van der Waals surface area contributed by atoms with Crippen LogP contribution in [0.3, 0.4) is 0 Å². The highest BCUT2D eigenvalue weighted by atomic mass is 16.4. The van der Waals surface area contributed by atoms with E-state index in [0.29, 0.717) is 28.5 Å². The van der Waals surface area contributed by atoms with E-state index in [0.717, 1.165) is 41.3 Å². The van der Waals surface area contributed by atoms with Gasteiger partial charge in [0.15, 0.2) is 0 Å². The molecule has 0 amide bonds. The van der Waals surface area contributed by atoms with Crippen molar-refractivity contribution in [2.75, 3.05) is 12.3 Å². The summed E-state index contributed by atoms with van der Waals surface area (Å²) in [6, 6.07) is 9.65. The zero-order valence-electron chi connectivity index (χ0n) is 14.4. The molecule has 0 aliphatic carbocycles. The van der Waals surface area contributed by atoms with Gasteiger partial charge >= 0.3 is 7.12 Å². The number of anilines is 1. The first-order chi connectivity index (χ1) is 12.0. The van der Waals surface area contributed by atoms with Crippen LogP contribution in [0.5, 0.6) is 0 Å². The molecule has 0 spiro atoms. The standard InChI is InChI=1S/C19H23BN2O3/c1-12-14(8-3-2-6-10-23)17(20(24)25)15-11-13-7-4-5-9-16(13)22-19(15)18(12)21/h4-5,7,9,11,23-25H,2-3,6,8,10,21H2,1H3. The van der Waals surface area contributed by atoms with Gasteiger partial charge in [-0.1, -0.05) is 24.6 Å². The van der Waals surface area contributed by atoms with Crippen LogP contribution >= 0.6 is 0 Å². The molecule has 0 saturated heterocycles. The average molecular weight is 338 g/mol. The van der Waals surface area contributed by atoms with Crippen molar-refractivity contribution >= 4 is 40.1 Å². The van der Waals surface area contributed by atoms with Gasteiger partial charge in [0.1, 0.15) is 0 Å². The average Bonchev–Trinajstić information content (AvgIpc) is 2.61. The van der Waals surface area contributed by atoms with Crippen molar-refractivity contribution in [1.82, 2.24) is 4.98 Å². The lowest BCUT2D eigenvalue weighted by Crippen LogP contribution is -2.35. The van der Waals surface area contributed by atoms with E-state index in [2.05, 4.69) is 4.98 Å². The largest absolute Gasteiger partial charge is 0.489 e. The van der Waals surface area contributed by atoms with Gasteiger partial charge in [0.25, 0.3) is 0 Å². The molecule has 6 heteroatoms. The molecule has 0 fully saturated rings. The summed E-state index contributed by atoms with van der Waals surface area (Å²) in [5, 5.41) is 30.6. The van der Waals surface area contributed by atoms with Crippen LogP contribution in [-0.4, -0.2) is 33.9 Å². The Balaban J connectivity index is 2.22. The number of nitrogens with zero attached hydrogens (tertiary/aromatic N) is 1. The van der Waals surface area contributed by atoms with Crippen molar-refractivity contribution < 1.29 is 15.2 Å². The Kier molecular flexibility index (Phi) is 5.23. The lowest BCUT2D eigenvalue weighted by atomic mass is 9.71. The number of nitrogen functional groups attached to an aromatic ring is 1. The molecule has 1 heterocycles. The van der Waals surface area contributed by atoms with Crippen LogP contribution in [0.2, 0.25) is 0 Å². The Bertz CT molecular complexity index is 912. The summed E-state index contributed by atoms with van der Waals surface area (Å²) in [7, 11) is -1.59. The number of unbranched alkanes of at least 4 members (excludes halogenated alkanes) is 2. The molecular weight excluding hydrogens is 315 g/mol. The molecule has 3 aromatic rings. The topological polar surface area (TPSA) is 99.6 Å². The van der Waals surface area contributed by atoms with Crippen LogP contribution in [0.1, 0.15) is 30.4 Å². The van der Waals surface area contributed by atoms with Crippen molar-refractivity contribution in [2.45, 2.75) is 32.6 Å². The highest BCUT2D eigenvalue weighted by Gasteiger charge is 2.24. The van der Waals surface area contributed by atoms with Crippen LogP contribution in [0.15, 0.2) is 30.3 Å². The Morgan fingerprint density at radius 1 is 1.12 bits per heavy atom. The Labute approximate surface area is 147 Å². The van der Waals surface area contributed by atoms with E-state index >= 15 is 0 Å². The molecule has 0 aliphatic heterocycles. The Morgan fingerprint density at radius 3 is 2.60 bits per heavy atom. The predicted octanol–water partition coefficient (Wildman–Crippen LogP) is 1.66. The van der Waals surface area contributed by atoms with E-state index in [1.165, 1.54) is 0 Å². The minimum Gasteiger partial charge on any atom is -0.423 e. The Morgan fingerprint density at radius 2 is 1.88 bits per heavy atom. The van der Waals surface area contributed by atoms with Crippen molar-refractivity contribution in [2.24, 2.45) is 0 Å². The van der Waals surface area contributed by atoms with Gasteiger partial charge in [0.2, 0.25) is 0 Å². The van der Waals surface area contributed by atoms with Crippen LogP contribution in [0.25, 0.3) is 21.8 Å². The fourth-order valence-electron chi connectivity index (χ4n) is 3.44. The van der Waals surface area contributed by atoms with Gasteiger partial charge in [0, 0.05) is 17.4 Å². The quantitative estimate of drug-likeness (QED) is 0.237. The van der Waals surface area contributed by atoms with Gasteiger partial charge in [-0.2, -0.15) is 0 Å². The van der Waals surface area contributed by atoms with Crippen molar-refractivity contribution in [3.8, 4) is 0 Å². The number of hydrogen-bond acceptors (Lipinski definition) is 5. The molecule has 130 valence electrons. The van der Waals surface area contributed by atoms with Crippen molar-refractivity contribution in [1.29, 1.82) is 0 Å². The number of benzene rings is 2. The first kappa shape index (κ1) is 17.7. The predicted molar refractivity (Wildman–Crippen MR) is 103 cm³/mol. The monoisotopic (exact) mass is 338 g/mol. The number of nitrogens with two attached hydrogens (primary N) is 1. The Hall–Kier alpha value is -2.15. The molecule has 1 aromatic heterocycles. The number of pyridine rings is 1. The molecule has 25 heavy (non-hydrogen) atoms. The summed E-state index contributed by atoms with van der Waals surface area (Å²) in [5.41, 5.74) is 10.6. The number of fused-ring (bicyclic) bond motifs is 2. The van der Waals surface area contributed by atoms with E-state index < -0.39 is 7.12 Å². The number of para-hydroxylation sites is 1. The van der Waals surface area contributed by atoms with Gasteiger partial charge in [-0.3, -0.25) is 0 Å². The van der Waals surface area contributed by atoms with Crippen molar-refractivity contribution in [3.63, 3.8) is 0 Å². The molecule has 5 N–H and O–H groups in total. The zero-order chi connectivity index (χ0) is 18.0. The van der Waals surface area contributed by atoms with E-state index in [1.54, 1.807) is 0 Å². The number of aliphatic hydroxyl groups is 1. The van der Waals surface area contributed by atoms with E-state index in [-0.39, 0.29) is 6.61 Å². The first-order valence-corrected chi connectivity index (χ1v) is 8.62. The third kappa shape index (κ3) is 3.33. The summed E-state index contributed by atoms with van der Waals surface area (Å²) in [5.74, 6) is 0. The molecule has 0 atom stereocenters. The maximum atomic E-state index is 10.0. The molecule has 0 unspecified atom stereocenters. The minimum absolute atomic E-state index is 0.171. The molecule has 0 saturated carbocycles. The number of aliphatic hydroxyl groups excluding tert-OH is 1. The highest BCUT2D eigenvalue weighted by molar-refractivity contribution is 6.63. The van der Waals surface area contributed by atoms with Gasteiger partial charge in [0.05, 0.1) is 16.7 Å². The second kappa shape index (κ2) is 7.39. The maximum Gasteiger partial charge on any atom is 0.489 e. The molecule has 0 bridgehead atoms. The van der Waals surface area contributed by atoms with Crippen LogP contribution < -0.4 is 11.2 Å². The number of aromatic nitrogens is 1. The molecule has 5 nitrogen and oxygen atoms in total. The summed E-state index contributed by atoms with van der Waals surface area (Å²) < 4.78 is 0. The summed E-state index contributed by atoms with van der Waals surface area (Å²) in [6.07, 6.45) is 3.16. The first-order valence-electron chi connectivity index (χ1n) is 8.62. The fraction of sp³-hybridized carbons (Fsp3) is 0.316. The summed E-state index contributed by atoms with van der Waals surface area (Å²) in [6.45, 7) is 2.07. The third-order valence-corrected chi connectivity index (χ3v) is 4.79. The van der Waals surface area contributed by atoms with Crippen LogP contribution in [0.4, 0.5) is 5.69 Å². The second-order valence-electron chi connectivity index (χ2n) is 6.42. The molecule has 0 aliphatic rings. The van der Waals surface area contributed by atoms with Crippen molar-refractivity contribution in [3.05, 3.63) is 41.5 Å². The SMILES string of the molecule is Cc1c(CCCCCO)c(B(O)O)c2cc3ccccc3nc2c1N. The van der Waals surface area contributed by atoms with E-state index in [4.69, 9.17) is 10.8 Å². The van der Waals surface area contributed by atoms with Gasteiger partial charge in [-0.05, 0) is 54.9 Å². The minimum atomic E-state index is -1.59. The molecular formula is C19H23BN2O3. The lowest BCUT2D eigenvalue weighted by Gasteiger charge is -2.18. The summed E-state index contributed by atoms with van der Waals surface area (Å²) in [4.78, 5) is 4.65. The van der Waals surface area contributed by atoms with Gasteiger partial charge in [-0.25, -0.2) is 4.98 Å². The zero-order valence-corrected chi connectivity index (χ0v) is 14.4. The molecule has 0 radical (unpaired) electrons. The van der Waals surface area contributed by atoms with Gasteiger partial charge < -0.3 is 20.9 Å². The van der Waals surface area contributed by atoms with Gasteiger partial charge in [-0.15, -0.1) is 0 Å². The highest BCUT2D eigenvalue weighted by Crippen LogP contribution is 2.29. The normalized spacial score (nSPS) is 11.4. The van der Waals surface area contributed by atoms with Crippen LogP contribution in [-0.2, 0) is 6.42 Å². The maximum absolute atomic E-state index is 10.0.